The zero-order chi connectivity index (χ0) is 18.7. The summed E-state index contributed by atoms with van der Waals surface area (Å²) in [6.07, 6.45) is 2.24. The fourth-order valence-corrected chi connectivity index (χ4v) is 4.77. The Morgan fingerprint density at radius 3 is 2.54 bits per heavy atom. The summed E-state index contributed by atoms with van der Waals surface area (Å²) in [4.78, 5) is 18.4. The lowest BCUT2D eigenvalue weighted by Crippen LogP contribution is -2.32. The Morgan fingerprint density at radius 1 is 1.23 bits per heavy atom. The van der Waals surface area contributed by atoms with Gasteiger partial charge in [-0.1, -0.05) is 29.8 Å². The molecule has 1 atom stereocenters. The molecule has 1 fully saturated rings. The largest absolute Gasteiger partial charge is 0.369 e. The molecule has 2 aromatic rings. The second-order valence-corrected chi connectivity index (χ2v) is 8.97. The summed E-state index contributed by atoms with van der Waals surface area (Å²) in [7, 11) is -1.07. The van der Waals surface area contributed by atoms with Crippen LogP contribution in [-0.4, -0.2) is 43.9 Å². The summed E-state index contributed by atoms with van der Waals surface area (Å²) in [6, 6.07) is 11.4. The maximum Gasteiger partial charge on any atom is 0.270 e. The monoisotopic (exact) mass is 373 g/mol. The number of anilines is 1. The lowest BCUT2D eigenvalue weighted by Gasteiger charge is -2.25. The van der Waals surface area contributed by atoms with E-state index in [4.69, 9.17) is 0 Å². The zero-order valence-corrected chi connectivity index (χ0v) is 15.8. The topological polar surface area (TPSA) is 79.4 Å². The van der Waals surface area contributed by atoms with Crippen LogP contribution < -0.4 is 10.2 Å². The number of pyridine rings is 1. The number of amides is 1. The van der Waals surface area contributed by atoms with Crippen LogP contribution in [0.15, 0.2) is 42.6 Å². The molecule has 1 aliphatic heterocycles. The molecular weight excluding hydrogens is 350 g/mol. The van der Waals surface area contributed by atoms with Crippen molar-refractivity contribution >= 4 is 21.4 Å². The van der Waals surface area contributed by atoms with Crippen molar-refractivity contribution in [2.24, 2.45) is 0 Å². The van der Waals surface area contributed by atoms with Gasteiger partial charge in [0, 0.05) is 19.6 Å². The normalized spacial score (nSPS) is 18.5. The zero-order valence-electron chi connectivity index (χ0n) is 15.0. The van der Waals surface area contributed by atoms with Crippen molar-refractivity contribution in [3.05, 3.63) is 59.4 Å². The predicted octanol–water partition coefficient (Wildman–Crippen LogP) is 1.94. The number of rotatable bonds is 5. The van der Waals surface area contributed by atoms with Gasteiger partial charge in [0.25, 0.3) is 5.91 Å². The van der Waals surface area contributed by atoms with E-state index in [2.05, 4.69) is 10.3 Å². The lowest BCUT2D eigenvalue weighted by atomic mass is 10.1. The van der Waals surface area contributed by atoms with Crippen molar-refractivity contribution in [1.29, 1.82) is 0 Å². The molecular formula is C19H23N3O3S. The Balaban J connectivity index is 1.59. The fraction of sp³-hybridized carbons (Fsp3) is 0.368. The third-order valence-electron chi connectivity index (χ3n) is 4.72. The molecule has 1 aromatic heterocycles. The molecule has 0 aliphatic carbocycles. The molecule has 0 spiro atoms. The van der Waals surface area contributed by atoms with Gasteiger partial charge in [-0.2, -0.15) is 0 Å². The van der Waals surface area contributed by atoms with E-state index in [0.29, 0.717) is 18.7 Å². The molecule has 3 rings (SSSR count). The van der Waals surface area contributed by atoms with Gasteiger partial charge in [0.15, 0.2) is 9.84 Å². The van der Waals surface area contributed by atoms with Gasteiger partial charge < -0.3 is 10.2 Å². The van der Waals surface area contributed by atoms with Crippen LogP contribution in [0.4, 0.5) is 5.69 Å². The highest BCUT2D eigenvalue weighted by atomic mass is 32.2. The van der Waals surface area contributed by atoms with E-state index in [0.717, 1.165) is 11.3 Å². The van der Waals surface area contributed by atoms with Crippen molar-refractivity contribution in [2.45, 2.75) is 25.9 Å². The van der Waals surface area contributed by atoms with Crippen molar-refractivity contribution in [1.82, 2.24) is 10.3 Å². The third kappa shape index (κ3) is 4.40. The van der Waals surface area contributed by atoms with Crippen LogP contribution in [0.1, 0.15) is 28.0 Å². The third-order valence-corrected chi connectivity index (χ3v) is 6.47. The maximum atomic E-state index is 12.2. The number of aromatic nitrogens is 1. The van der Waals surface area contributed by atoms with Crippen molar-refractivity contribution < 1.29 is 13.2 Å². The van der Waals surface area contributed by atoms with Gasteiger partial charge >= 0.3 is 0 Å². The molecule has 1 N–H and O–H groups in total. The molecule has 2 heterocycles. The van der Waals surface area contributed by atoms with Crippen LogP contribution in [0.2, 0.25) is 0 Å². The first-order valence-corrected chi connectivity index (χ1v) is 10.4. The minimum absolute atomic E-state index is 0.0389. The summed E-state index contributed by atoms with van der Waals surface area (Å²) in [6.45, 7) is 2.47. The second kappa shape index (κ2) is 7.45. The van der Waals surface area contributed by atoms with Crippen LogP contribution >= 0.6 is 0 Å². The molecule has 1 aliphatic rings. The number of nitrogens with one attached hydrogen (secondary N) is 1. The van der Waals surface area contributed by atoms with Crippen LogP contribution in [-0.2, 0) is 16.4 Å². The van der Waals surface area contributed by atoms with E-state index in [-0.39, 0.29) is 23.5 Å². The van der Waals surface area contributed by atoms with E-state index < -0.39 is 9.84 Å². The molecule has 1 unspecified atom stereocenters. The number of hydrogen-bond acceptors (Lipinski definition) is 5. The summed E-state index contributed by atoms with van der Waals surface area (Å²) in [5.41, 5.74) is 3.36. The van der Waals surface area contributed by atoms with Crippen LogP contribution in [0.5, 0.6) is 0 Å². The van der Waals surface area contributed by atoms with Crippen LogP contribution in [0.3, 0.4) is 0 Å². The van der Waals surface area contributed by atoms with Gasteiger partial charge in [0.2, 0.25) is 0 Å². The van der Waals surface area contributed by atoms with E-state index in [1.807, 2.05) is 43.1 Å². The van der Waals surface area contributed by atoms with Crippen molar-refractivity contribution in [3.8, 4) is 0 Å². The number of aryl methyl sites for hydroxylation is 1. The quantitative estimate of drug-likeness (QED) is 0.866. The van der Waals surface area contributed by atoms with E-state index in [1.54, 1.807) is 18.3 Å². The van der Waals surface area contributed by atoms with Gasteiger partial charge in [0.1, 0.15) is 5.69 Å². The van der Waals surface area contributed by atoms with Crippen molar-refractivity contribution in [2.75, 3.05) is 23.5 Å². The first-order chi connectivity index (χ1) is 12.3. The van der Waals surface area contributed by atoms with Gasteiger partial charge in [-0.25, -0.2) is 13.4 Å². The molecule has 0 bridgehead atoms. The Kier molecular flexibility index (Phi) is 5.27. The minimum atomic E-state index is -2.93. The lowest BCUT2D eigenvalue weighted by molar-refractivity contribution is 0.0946. The molecule has 0 radical (unpaired) electrons. The Hall–Kier alpha value is -2.41. The number of hydrogen-bond donors (Lipinski definition) is 1. The number of carbonyl (C=O) groups is 1. The van der Waals surface area contributed by atoms with Crippen LogP contribution in [0.25, 0.3) is 0 Å². The first kappa shape index (κ1) is 18.4. The maximum absolute atomic E-state index is 12.2. The number of sulfone groups is 1. The number of carbonyl (C=O) groups excluding carboxylic acids is 1. The number of benzene rings is 1. The number of nitrogens with zero attached hydrogens (tertiary/aromatic N) is 2. The Labute approximate surface area is 154 Å². The molecule has 7 heteroatoms. The Bertz CT molecular complexity index is 877. The molecule has 26 heavy (non-hydrogen) atoms. The van der Waals surface area contributed by atoms with Crippen LogP contribution in [0, 0.1) is 6.92 Å². The second-order valence-electron chi connectivity index (χ2n) is 6.74. The Morgan fingerprint density at radius 2 is 1.96 bits per heavy atom. The van der Waals surface area contributed by atoms with E-state index in [9.17, 15) is 13.2 Å². The standard InChI is InChI=1S/C19H23N3O3S/c1-14-3-5-15(6-4-14)11-21-19(23)18-8-7-16(12-20-18)22(2)17-9-10-26(24,25)13-17/h3-8,12,17H,9-11,13H2,1-2H3,(H,21,23). The highest BCUT2D eigenvalue weighted by Gasteiger charge is 2.30. The summed E-state index contributed by atoms with van der Waals surface area (Å²) in [5.74, 6) is 0.167. The predicted molar refractivity (Wildman–Crippen MR) is 102 cm³/mol. The molecule has 1 aromatic carbocycles. The summed E-state index contributed by atoms with van der Waals surface area (Å²) in [5, 5.41) is 2.85. The minimum Gasteiger partial charge on any atom is -0.369 e. The molecule has 138 valence electrons. The van der Waals surface area contributed by atoms with Gasteiger partial charge in [0.05, 0.1) is 23.4 Å². The summed E-state index contributed by atoms with van der Waals surface area (Å²) < 4.78 is 23.3. The smallest absolute Gasteiger partial charge is 0.270 e. The first-order valence-electron chi connectivity index (χ1n) is 8.57. The molecule has 1 amide bonds. The highest BCUT2D eigenvalue weighted by Crippen LogP contribution is 2.22. The average molecular weight is 373 g/mol. The fourth-order valence-electron chi connectivity index (χ4n) is 3.00. The van der Waals surface area contributed by atoms with E-state index >= 15 is 0 Å². The van der Waals surface area contributed by atoms with Gasteiger partial charge in [-0.05, 0) is 31.0 Å². The summed E-state index contributed by atoms with van der Waals surface area (Å²) >= 11 is 0. The molecule has 0 saturated carbocycles. The van der Waals surface area contributed by atoms with E-state index in [1.165, 1.54) is 5.56 Å². The average Bonchev–Trinajstić information content (AvgIpc) is 3.00. The SMILES string of the molecule is Cc1ccc(CNC(=O)c2ccc(N(C)C3CCS(=O)(=O)C3)cn2)cc1. The highest BCUT2D eigenvalue weighted by molar-refractivity contribution is 7.91. The molecule has 6 nitrogen and oxygen atoms in total. The molecule has 1 saturated heterocycles. The van der Waals surface area contributed by atoms with Gasteiger partial charge in [-0.3, -0.25) is 4.79 Å². The van der Waals surface area contributed by atoms with Crippen molar-refractivity contribution in [3.63, 3.8) is 0 Å². The van der Waals surface area contributed by atoms with Gasteiger partial charge in [-0.15, -0.1) is 0 Å².